The van der Waals surface area contributed by atoms with Crippen molar-refractivity contribution in [3.63, 3.8) is 0 Å². The predicted octanol–water partition coefficient (Wildman–Crippen LogP) is 3.42. The van der Waals surface area contributed by atoms with E-state index in [2.05, 4.69) is 4.98 Å². The molecule has 1 aromatic carbocycles. The summed E-state index contributed by atoms with van der Waals surface area (Å²) in [6, 6.07) is 7.01. The van der Waals surface area contributed by atoms with Gasteiger partial charge in [0.05, 0.1) is 21.7 Å². The maximum Gasteiger partial charge on any atom is 0.265 e. The molecule has 0 N–H and O–H groups in total. The molecule has 1 atom stereocenters. The van der Waals surface area contributed by atoms with Crippen molar-refractivity contribution in [2.75, 3.05) is 18.8 Å². The van der Waals surface area contributed by atoms with Gasteiger partial charge in [0.15, 0.2) is 9.84 Å². The van der Waals surface area contributed by atoms with Crippen molar-refractivity contribution in [1.82, 2.24) is 9.88 Å². The maximum absolute atomic E-state index is 12.8. The van der Waals surface area contributed by atoms with Crippen LogP contribution in [0, 0.1) is 13.8 Å². The highest BCUT2D eigenvalue weighted by Crippen LogP contribution is 2.34. The SMILES string of the molecule is Cc1nc(C)c(C(=O)N2CC[C@H](c3ccccc3Cl)S(=O)(=O)CC2)s1. The van der Waals surface area contributed by atoms with Gasteiger partial charge in [-0.25, -0.2) is 13.4 Å². The van der Waals surface area contributed by atoms with Gasteiger partial charge in [0.1, 0.15) is 4.88 Å². The first kappa shape index (κ1) is 18.4. The van der Waals surface area contributed by atoms with Gasteiger partial charge in [-0.05, 0) is 31.9 Å². The minimum Gasteiger partial charge on any atom is -0.337 e. The highest BCUT2D eigenvalue weighted by atomic mass is 35.5. The maximum atomic E-state index is 12.8. The summed E-state index contributed by atoms with van der Waals surface area (Å²) >= 11 is 7.55. The van der Waals surface area contributed by atoms with E-state index in [0.29, 0.717) is 34.1 Å². The fraction of sp³-hybridized carbons (Fsp3) is 0.412. The number of hydrogen-bond donors (Lipinski definition) is 0. The molecule has 1 aromatic heterocycles. The lowest BCUT2D eigenvalue weighted by atomic mass is 10.1. The average Bonchev–Trinajstić information content (AvgIpc) is 2.80. The Hall–Kier alpha value is -1.44. The molecule has 2 heterocycles. The van der Waals surface area contributed by atoms with Crippen molar-refractivity contribution in [1.29, 1.82) is 0 Å². The van der Waals surface area contributed by atoms with Crippen molar-refractivity contribution in [2.24, 2.45) is 0 Å². The van der Waals surface area contributed by atoms with Crippen LogP contribution in [0.25, 0.3) is 0 Å². The number of halogens is 1. The summed E-state index contributed by atoms with van der Waals surface area (Å²) in [6.45, 7) is 4.23. The van der Waals surface area contributed by atoms with Gasteiger partial charge in [-0.1, -0.05) is 29.8 Å². The molecule has 25 heavy (non-hydrogen) atoms. The van der Waals surface area contributed by atoms with E-state index in [0.717, 1.165) is 5.01 Å². The summed E-state index contributed by atoms with van der Waals surface area (Å²) in [5.41, 5.74) is 1.31. The largest absolute Gasteiger partial charge is 0.337 e. The van der Waals surface area contributed by atoms with E-state index in [1.807, 2.05) is 6.92 Å². The number of hydrogen-bond acceptors (Lipinski definition) is 5. The lowest BCUT2D eigenvalue weighted by molar-refractivity contribution is 0.0770. The van der Waals surface area contributed by atoms with Gasteiger partial charge in [0.25, 0.3) is 5.91 Å². The van der Waals surface area contributed by atoms with Gasteiger partial charge in [-0.15, -0.1) is 11.3 Å². The second kappa shape index (κ2) is 7.05. The van der Waals surface area contributed by atoms with Crippen LogP contribution < -0.4 is 0 Å². The van der Waals surface area contributed by atoms with Crippen LogP contribution >= 0.6 is 22.9 Å². The molecular weight excluding hydrogens is 380 g/mol. The van der Waals surface area contributed by atoms with E-state index in [9.17, 15) is 13.2 Å². The van der Waals surface area contributed by atoms with Crippen LogP contribution in [0.5, 0.6) is 0 Å². The Morgan fingerprint density at radius 1 is 1.28 bits per heavy atom. The van der Waals surface area contributed by atoms with Crippen LogP contribution in [0.15, 0.2) is 24.3 Å². The third kappa shape index (κ3) is 3.73. The second-order valence-electron chi connectivity index (χ2n) is 6.11. The van der Waals surface area contributed by atoms with E-state index in [4.69, 9.17) is 11.6 Å². The smallest absolute Gasteiger partial charge is 0.265 e. The van der Waals surface area contributed by atoms with Gasteiger partial charge >= 0.3 is 0 Å². The number of benzene rings is 1. The number of sulfone groups is 1. The average molecular weight is 399 g/mol. The fourth-order valence-corrected chi connectivity index (χ4v) is 6.14. The van der Waals surface area contributed by atoms with E-state index >= 15 is 0 Å². The highest BCUT2D eigenvalue weighted by Gasteiger charge is 2.34. The topological polar surface area (TPSA) is 67.3 Å². The van der Waals surface area contributed by atoms with Gasteiger partial charge in [-0.3, -0.25) is 4.79 Å². The molecule has 1 aliphatic rings. The van der Waals surface area contributed by atoms with Crippen LogP contribution in [0.1, 0.15) is 37.6 Å². The lowest BCUT2D eigenvalue weighted by Gasteiger charge is -2.19. The number of thiazole rings is 1. The summed E-state index contributed by atoms with van der Waals surface area (Å²) < 4.78 is 25.4. The van der Waals surface area contributed by atoms with Crippen LogP contribution in [0.2, 0.25) is 5.02 Å². The Bertz CT molecular complexity index is 908. The summed E-state index contributed by atoms with van der Waals surface area (Å²) in [4.78, 5) is 19.3. The quantitative estimate of drug-likeness (QED) is 0.777. The minimum absolute atomic E-state index is 0.0640. The number of rotatable bonds is 2. The first-order valence-electron chi connectivity index (χ1n) is 7.99. The standard InChI is InChI=1S/C17H19ClN2O3S2/c1-11-16(24-12(2)19-11)17(21)20-8-7-15(25(22,23)10-9-20)13-5-3-4-6-14(13)18/h3-6,15H,7-10H2,1-2H3/t15-/m1/s1. The molecule has 0 saturated carbocycles. The number of carbonyl (C=O) groups excluding carboxylic acids is 1. The summed E-state index contributed by atoms with van der Waals surface area (Å²) in [5.74, 6) is -0.205. The Balaban J connectivity index is 1.87. The number of aryl methyl sites for hydroxylation is 2. The monoisotopic (exact) mass is 398 g/mol. The zero-order chi connectivity index (χ0) is 18.2. The molecule has 1 aliphatic heterocycles. The van der Waals surface area contributed by atoms with Gasteiger partial charge in [-0.2, -0.15) is 0 Å². The molecule has 134 valence electrons. The van der Waals surface area contributed by atoms with Crippen molar-refractivity contribution in [3.8, 4) is 0 Å². The van der Waals surface area contributed by atoms with Gasteiger partial charge < -0.3 is 4.90 Å². The summed E-state index contributed by atoms with van der Waals surface area (Å²) in [6.07, 6.45) is 0.342. The van der Waals surface area contributed by atoms with Crippen LogP contribution in [0.3, 0.4) is 0 Å². The minimum atomic E-state index is -3.38. The van der Waals surface area contributed by atoms with Crippen LogP contribution in [0.4, 0.5) is 0 Å². The molecule has 0 unspecified atom stereocenters. The zero-order valence-corrected chi connectivity index (χ0v) is 16.4. The Kier molecular flexibility index (Phi) is 5.18. The highest BCUT2D eigenvalue weighted by molar-refractivity contribution is 7.91. The molecule has 0 radical (unpaired) electrons. The molecule has 0 bridgehead atoms. The van der Waals surface area contributed by atoms with Crippen LogP contribution in [-0.2, 0) is 9.84 Å². The lowest BCUT2D eigenvalue weighted by Crippen LogP contribution is -2.33. The third-order valence-electron chi connectivity index (χ3n) is 4.38. The first-order chi connectivity index (χ1) is 11.8. The van der Waals surface area contributed by atoms with Gasteiger partial charge in [0.2, 0.25) is 0 Å². The molecule has 0 aliphatic carbocycles. The molecule has 0 spiro atoms. The third-order valence-corrected chi connectivity index (χ3v) is 7.89. The number of aromatic nitrogens is 1. The van der Waals surface area contributed by atoms with E-state index < -0.39 is 15.1 Å². The Labute approximate surface area is 156 Å². The number of nitrogens with zero attached hydrogens (tertiary/aromatic N) is 2. The molecule has 3 rings (SSSR count). The van der Waals surface area contributed by atoms with Gasteiger partial charge in [0, 0.05) is 18.1 Å². The molecule has 1 amide bonds. The normalized spacial score (nSPS) is 20.3. The van der Waals surface area contributed by atoms with E-state index in [-0.39, 0.29) is 18.2 Å². The number of carbonyl (C=O) groups is 1. The molecule has 8 heteroatoms. The molecule has 2 aromatic rings. The van der Waals surface area contributed by atoms with E-state index in [1.165, 1.54) is 11.3 Å². The van der Waals surface area contributed by atoms with Crippen molar-refractivity contribution in [2.45, 2.75) is 25.5 Å². The molecule has 5 nitrogen and oxygen atoms in total. The van der Waals surface area contributed by atoms with Crippen molar-refractivity contribution >= 4 is 38.7 Å². The van der Waals surface area contributed by atoms with Crippen LogP contribution in [-0.4, -0.2) is 43.1 Å². The van der Waals surface area contributed by atoms with E-state index in [1.54, 1.807) is 36.1 Å². The molecule has 1 fully saturated rings. The predicted molar refractivity (Wildman–Crippen MR) is 100 cm³/mol. The molecular formula is C17H19ClN2O3S2. The number of amides is 1. The molecule has 1 saturated heterocycles. The first-order valence-corrected chi connectivity index (χ1v) is 10.9. The Morgan fingerprint density at radius 2 is 2.00 bits per heavy atom. The second-order valence-corrected chi connectivity index (χ2v) is 10.0. The summed E-state index contributed by atoms with van der Waals surface area (Å²) in [7, 11) is -3.38. The zero-order valence-electron chi connectivity index (χ0n) is 14.0. The van der Waals surface area contributed by atoms with Crippen molar-refractivity contribution < 1.29 is 13.2 Å². The summed E-state index contributed by atoms with van der Waals surface area (Å²) in [5, 5.41) is 0.602. The Morgan fingerprint density at radius 3 is 2.64 bits per heavy atom. The fourth-order valence-electron chi connectivity index (χ4n) is 3.11. The van der Waals surface area contributed by atoms with Crippen molar-refractivity contribution in [3.05, 3.63) is 50.4 Å².